The molecule has 1 fully saturated rings. The fraction of sp³-hybridized carbons (Fsp3) is 0.533. The largest absolute Gasteiger partial charge is 0.355 e. The van der Waals surface area contributed by atoms with Crippen LogP contribution in [-0.2, 0) is 6.42 Å². The third-order valence-corrected chi connectivity index (χ3v) is 4.05. The molecule has 3 heterocycles. The van der Waals surface area contributed by atoms with Gasteiger partial charge in [0.05, 0.1) is 5.52 Å². The molecule has 0 radical (unpaired) electrons. The summed E-state index contributed by atoms with van der Waals surface area (Å²) >= 11 is 0. The van der Waals surface area contributed by atoms with Crippen LogP contribution < -0.4 is 4.90 Å². The van der Waals surface area contributed by atoms with Crippen molar-refractivity contribution in [2.45, 2.75) is 40.0 Å². The highest BCUT2D eigenvalue weighted by molar-refractivity contribution is 5.70. The van der Waals surface area contributed by atoms with E-state index in [1.807, 2.05) is 0 Å². The zero-order chi connectivity index (χ0) is 12.7. The Kier molecular flexibility index (Phi) is 2.77. The SMILES string of the molecule is CCc1ccc(C)n2nc(N3CCCC3)c(C)c12. The van der Waals surface area contributed by atoms with E-state index in [1.165, 1.54) is 41.0 Å². The second-order valence-corrected chi connectivity index (χ2v) is 5.26. The van der Waals surface area contributed by atoms with Gasteiger partial charge in [-0.25, -0.2) is 4.52 Å². The van der Waals surface area contributed by atoms with Crippen molar-refractivity contribution in [2.75, 3.05) is 18.0 Å². The van der Waals surface area contributed by atoms with Crippen LogP contribution in [0, 0.1) is 13.8 Å². The molecule has 2 aromatic rings. The molecule has 1 aliphatic heterocycles. The van der Waals surface area contributed by atoms with Crippen LogP contribution in [0.15, 0.2) is 12.1 Å². The molecule has 0 spiro atoms. The minimum atomic E-state index is 1.07. The van der Waals surface area contributed by atoms with E-state index in [0.717, 1.165) is 19.5 Å². The maximum atomic E-state index is 4.85. The minimum Gasteiger partial charge on any atom is -0.355 e. The van der Waals surface area contributed by atoms with Crippen LogP contribution in [-0.4, -0.2) is 22.7 Å². The average molecular weight is 243 g/mol. The first-order chi connectivity index (χ1) is 8.72. The van der Waals surface area contributed by atoms with Gasteiger partial charge < -0.3 is 4.90 Å². The highest BCUT2D eigenvalue weighted by Gasteiger charge is 2.20. The van der Waals surface area contributed by atoms with Gasteiger partial charge in [-0.2, -0.15) is 0 Å². The number of anilines is 1. The van der Waals surface area contributed by atoms with Crippen LogP contribution in [0.3, 0.4) is 0 Å². The van der Waals surface area contributed by atoms with Crippen LogP contribution in [0.4, 0.5) is 5.82 Å². The van der Waals surface area contributed by atoms with Crippen molar-refractivity contribution >= 4 is 11.3 Å². The third kappa shape index (κ3) is 1.61. The quantitative estimate of drug-likeness (QED) is 0.808. The summed E-state index contributed by atoms with van der Waals surface area (Å²) in [4.78, 5) is 2.43. The zero-order valence-corrected chi connectivity index (χ0v) is 11.5. The summed E-state index contributed by atoms with van der Waals surface area (Å²) < 4.78 is 2.13. The Bertz CT molecular complexity index is 577. The summed E-state index contributed by atoms with van der Waals surface area (Å²) in [6.07, 6.45) is 3.66. The van der Waals surface area contributed by atoms with Crippen LogP contribution in [0.25, 0.3) is 5.52 Å². The Morgan fingerprint density at radius 1 is 1.17 bits per heavy atom. The molecule has 3 nitrogen and oxygen atoms in total. The van der Waals surface area contributed by atoms with Gasteiger partial charge in [0, 0.05) is 24.3 Å². The van der Waals surface area contributed by atoms with E-state index in [4.69, 9.17) is 5.10 Å². The number of aromatic nitrogens is 2. The summed E-state index contributed by atoms with van der Waals surface area (Å²) in [5, 5.41) is 4.85. The normalized spacial score (nSPS) is 15.8. The lowest BCUT2D eigenvalue weighted by atomic mass is 10.1. The number of hydrogen-bond donors (Lipinski definition) is 0. The highest BCUT2D eigenvalue weighted by Crippen LogP contribution is 2.29. The van der Waals surface area contributed by atoms with Crippen molar-refractivity contribution in [1.29, 1.82) is 0 Å². The number of fused-ring (bicyclic) bond motifs is 1. The van der Waals surface area contributed by atoms with Gasteiger partial charge in [0.2, 0.25) is 0 Å². The molecule has 1 aliphatic rings. The van der Waals surface area contributed by atoms with Crippen molar-refractivity contribution < 1.29 is 0 Å². The Morgan fingerprint density at radius 2 is 1.89 bits per heavy atom. The fourth-order valence-electron chi connectivity index (χ4n) is 3.00. The van der Waals surface area contributed by atoms with E-state index in [2.05, 4.69) is 42.3 Å². The molecule has 1 saturated heterocycles. The van der Waals surface area contributed by atoms with Crippen molar-refractivity contribution in [3.8, 4) is 0 Å². The topological polar surface area (TPSA) is 20.5 Å². The molecule has 0 aliphatic carbocycles. The second kappa shape index (κ2) is 4.30. The number of aryl methyl sites for hydroxylation is 3. The lowest BCUT2D eigenvalue weighted by Crippen LogP contribution is -2.19. The monoisotopic (exact) mass is 243 g/mol. The number of rotatable bonds is 2. The first-order valence-corrected chi connectivity index (χ1v) is 6.95. The van der Waals surface area contributed by atoms with Gasteiger partial charge in [0.1, 0.15) is 0 Å². The van der Waals surface area contributed by atoms with E-state index in [9.17, 15) is 0 Å². The molecule has 3 rings (SSSR count). The summed E-state index contributed by atoms with van der Waals surface area (Å²) in [5.41, 5.74) is 5.28. The minimum absolute atomic E-state index is 1.07. The molecule has 2 aromatic heterocycles. The van der Waals surface area contributed by atoms with Gasteiger partial charge in [-0.1, -0.05) is 13.0 Å². The zero-order valence-electron chi connectivity index (χ0n) is 11.5. The van der Waals surface area contributed by atoms with Gasteiger partial charge in [-0.15, -0.1) is 5.10 Å². The first kappa shape index (κ1) is 11.6. The van der Waals surface area contributed by atoms with Crippen molar-refractivity contribution in [3.05, 3.63) is 29.0 Å². The predicted octanol–water partition coefficient (Wildman–Crippen LogP) is 3.11. The second-order valence-electron chi connectivity index (χ2n) is 5.26. The highest BCUT2D eigenvalue weighted by atomic mass is 15.3. The Labute approximate surface area is 108 Å². The first-order valence-electron chi connectivity index (χ1n) is 6.95. The molecule has 18 heavy (non-hydrogen) atoms. The van der Waals surface area contributed by atoms with Crippen LogP contribution >= 0.6 is 0 Å². The molecule has 0 amide bonds. The molecule has 3 heteroatoms. The summed E-state index contributed by atoms with van der Waals surface area (Å²) in [5.74, 6) is 1.19. The number of nitrogens with zero attached hydrogens (tertiary/aromatic N) is 3. The van der Waals surface area contributed by atoms with Crippen molar-refractivity contribution in [3.63, 3.8) is 0 Å². The number of hydrogen-bond acceptors (Lipinski definition) is 2. The summed E-state index contributed by atoms with van der Waals surface area (Å²) in [6.45, 7) is 8.88. The third-order valence-electron chi connectivity index (χ3n) is 4.05. The predicted molar refractivity (Wildman–Crippen MR) is 75.5 cm³/mol. The molecule has 0 unspecified atom stereocenters. The van der Waals surface area contributed by atoms with Gasteiger partial charge in [-0.05, 0) is 44.7 Å². The Morgan fingerprint density at radius 3 is 2.56 bits per heavy atom. The van der Waals surface area contributed by atoms with Crippen LogP contribution in [0.1, 0.15) is 36.6 Å². The lowest BCUT2D eigenvalue weighted by Gasteiger charge is -2.14. The van der Waals surface area contributed by atoms with Gasteiger partial charge in [0.25, 0.3) is 0 Å². The maximum Gasteiger partial charge on any atom is 0.154 e. The molecule has 96 valence electrons. The maximum absolute atomic E-state index is 4.85. The molecule has 0 aromatic carbocycles. The lowest BCUT2D eigenvalue weighted by molar-refractivity contribution is 0.859. The van der Waals surface area contributed by atoms with E-state index < -0.39 is 0 Å². The van der Waals surface area contributed by atoms with Gasteiger partial charge in [-0.3, -0.25) is 0 Å². The molecule has 0 saturated carbocycles. The average Bonchev–Trinajstić information content (AvgIpc) is 2.99. The fourth-order valence-corrected chi connectivity index (χ4v) is 3.00. The van der Waals surface area contributed by atoms with Gasteiger partial charge in [0.15, 0.2) is 5.82 Å². The van der Waals surface area contributed by atoms with Crippen molar-refractivity contribution in [2.24, 2.45) is 0 Å². The molecule has 0 N–H and O–H groups in total. The van der Waals surface area contributed by atoms with E-state index in [-0.39, 0.29) is 0 Å². The number of pyridine rings is 1. The molecular weight excluding hydrogens is 222 g/mol. The van der Waals surface area contributed by atoms with Crippen LogP contribution in [0.2, 0.25) is 0 Å². The summed E-state index contributed by atoms with van der Waals surface area (Å²) in [6, 6.07) is 4.42. The standard InChI is InChI=1S/C15H21N3/c1-4-13-8-7-11(2)18-14(13)12(3)15(16-18)17-9-5-6-10-17/h7-8H,4-6,9-10H2,1-3H3. The van der Waals surface area contributed by atoms with Crippen LogP contribution in [0.5, 0.6) is 0 Å². The molecule has 0 atom stereocenters. The Balaban J connectivity index is 2.23. The van der Waals surface area contributed by atoms with E-state index in [1.54, 1.807) is 0 Å². The van der Waals surface area contributed by atoms with Gasteiger partial charge >= 0.3 is 0 Å². The summed E-state index contributed by atoms with van der Waals surface area (Å²) in [7, 11) is 0. The molecule has 0 bridgehead atoms. The Hall–Kier alpha value is -1.51. The van der Waals surface area contributed by atoms with E-state index in [0.29, 0.717) is 0 Å². The molecular formula is C15H21N3. The van der Waals surface area contributed by atoms with Crippen molar-refractivity contribution in [1.82, 2.24) is 9.61 Å². The van der Waals surface area contributed by atoms with E-state index >= 15 is 0 Å². The smallest absolute Gasteiger partial charge is 0.154 e.